The summed E-state index contributed by atoms with van der Waals surface area (Å²) in [5, 5.41) is 17.6. The Labute approximate surface area is 99.9 Å². The van der Waals surface area contributed by atoms with Crippen molar-refractivity contribution >= 4 is 0 Å². The molecule has 1 saturated carbocycles. The SMILES string of the molecule is OCc1nnc(CC2CC2)n1-c1ccccc1. The zero-order valence-corrected chi connectivity index (χ0v) is 9.58. The third-order valence-electron chi connectivity index (χ3n) is 3.12. The van der Waals surface area contributed by atoms with Gasteiger partial charge in [-0.25, -0.2) is 0 Å². The van der Waals surface area contributed by atoms with Crippen molar-refractivity contribution in [2.75, 3.05) is 0 Å². The Kier molecular flexibility index (Phi) is 2.65. The molecule has 0 aliphatic heterocycles. The smallest absolute Gasteiger partial charge is 0.163 e. The highest BCUT2D eigenvalue weighted by Gasteiger charge is 2.25. The minimum atomic E-state index is -0.0768. The maximum atomic E-state index is 9.32. The lowest BCUT2D eigenvalue weighted by Gasteiger charge is -2.08. The van der Waals surface area contributed by atoms with Crippen molar-refractivity contribution in [3.05, 3.63) is 42.0 Å². The summed E-state index contributed by atoms with van der Waals surface area (Å²) in [6.07, 6.45) is 3.54. The number of hydrogen-bond donors (Lipinski definition) is 1. The molecule has 1 N–H and O–H groups in total. The van der Waals surface area contributed by atoms with Crippen molar-refractivity contribution < 1.29 is 5.11 Å². The summed E-state index contributed by atoms with van der Waals surface area (Å²) in [6, 6.07) is 9.97. The Morgan fingerprint density at radius 2 is 1.82 bits per heavy atom. The molecular weight excluding hydrogens is 214 g/mol. The van der Waals surface area contributed by atoms with Crippen LogP contribution in [0.1, 0.15) is 24.5 Å². The number of para-hydroxylation sites is 1. The van der Waals surface area contributed by atoms with Gasteiger partial charge in [-0.15, -0.1) is 10.2 Å². The zero-order valence-electron chi connectivity index (χ0n) is 9.58. The number of aliphatic hydroxyl groups excluding tert-OH is 1. The normalized spacial score (nSPS) is 15.1. The predicted octanol–water partition coefficient (Wildman–Crippen LogP) is 1.71. The molecule has 1 aromatic carbocycles. The summed E-state index contributed by atoms with van der Waals surface area (Å²) in [4.78, 5) is 0. The lowest BCUT2D eigenvalue weighted by molar-refractivity contribution is 0.268. The van der Waals surface area contributed by atoms with E-state index in [0.717, 1.165) is 23.9 Å². The van der Waals surface area contributed by atoms with E-state index in [9.17, 15) is 5.11 Å². The van der Waals surface area contributed by atoms with E-state index in [2.05, 4.69) is 10.2 Å². The van der Waals surface area contributed by atoms with Gasteiger partial charge in [0.1, 0.15) is 12.4 Å². The maximum Gasteiger partial charge on any atom is 0.163 e. The van der Waals surface area contributed by atoms with Crippen LogP contribution >= 0.6 is 0 Å². The van der Waals surface area contributed by atoms with Gasteiger partial charge in [-0.2, -0.15) is 0 Å². The van der Waals surface area contributed by atoms with Crippen LogP contribution in [-0.4, -0.2) is 19.9 Å². The molecule has 4 heteroatoms. The maximum absolute atomic E-state index is 9.32. The highest BCUT2D eigenvalue weighted by Crippen LogP contribution is 2.32. The molecule has 0 bridgehead atoms. The molecule has 3 rings (SSSR count). The Morgan fingerprint density at radius 1 is 1.12 bits per heavy atom. The van der Waals surface area contributed by atoms with Crippen LogP contribution in [0.25, 0.3) is 5.69 Å². The lowest BCUT2D eigenvalue weighted by Crippen LogP contribution is -2.06. The highest BCUT2D eigenvalue weighted by atomic mass is 16.3. The van der Waals surface area contributed by atoms with Gasteiger partial charge in [0.2, 0.25) is 0 Å². The van der Waals surface area contributed by atoms with Gasteiger partial charge in [-0.1, -0.05) is 18.2 Å². The summed E-state index contributed by atoms with van der Waals surface area (Å²) in [5.74, 6) is 2.34. The summed E-state index contributed by atoms with van der Waals surface area (Å²) in [6.45, 7) is -0.0768. The molecule has 4 nitrogen and oxygen atoms in total. The van der Waals surface area contributed by atoms with Gasteiger partial charge in [0, 0.05) is 12.1 Å². The van der Waals surface area contributed by atoms with Gasteiger partial charge >= 0.3 is 0 Å². The molecule has 1 heterocycles. The fourth-order valence-corrected chi connectivity index (χ4v) is 2.04. The molecule has 0 saturated heterocycles. The first kappa shape index (κ1) is 10.5. The number of aliphatic hydroxyl groups is 1. The summed E-state index contributed by atoms with van der Waals surface area (Å²) in [7, 11) is 0. The van der Waals surface area contributed by atoms with Crippen molar-refractivity contribution in [3.63, 3.8) is 0 Å². The van der Waals surface area contributed by atoms with Crippen LogP contribution in [0.5, 0.6) is 0 Å². The van der Waals surface area contributed by atoms with Crippen molar-refractivity contribution in [2.45, 2.75) is 25.9 Å². The predicted molar refractivity (Wildman–Crippen MR) is 63.7 cm³/mol. The van der Waals surface area contributed by atoms with Crippen molar-refractivity contribution in [2.24, 2.45) is 5.92 Å². The molecule has 0 unspecified atom stereocenters. The van der Waals surface area contributed by atoms with E-state index in [1.165, 1.54) is 12.8 Å². The van der Waals surface area contributed by atoms with E-state index in [4.69, 9.17) is 0 Å². The zero-order chi connectivity index (χ0) is 11.7. The fourth-order valence-electron chi connectivity index (χ4n) is 2.04. The van der Waals surface area contributed by atoms with Crippen molar-refractivity contribution in [1.29, 1.82) is 0 Å². The van der Waals surface area contributed by atoms with E-state index in [0.29, 0.717) is 5.82 Å². The largest absolute Gasteiger partial charge is 0.388 e. The van der Waals surface area contributed by atoms with E-state index in [1.54, 1.807) is 0 Å². The Morgan fingerprint density at radius 3 is 2.47 bits per heavy atom. The van der Waals surface area contributed by atoms with Crippen LogP contribution in [0.3, 0.4) is 0 Å². The number of benzene rings is 1. The van der Waals surface area contributed by atoms with Gasteiger partial charge in [-0.3, -0.25) is 4.57 Å². The number of rotatable bonds is 4. The average Bonchev–Trinajstić information content (AvgIpc) is 3.09. The Bertz CT molecular complexity index is 503. The third kappa shape index (κ3) is 2.08. The minimum Gasteiger partial charge on any atom is -0.388 e. The van der Waals surface area contributed by atoms with Gasteiger partial charge in [-0.05, 0) is 30.9 Å². The Hall–Kier alpha value is -1.68. The minimum absolute atomic E-state index is 0.0768. The molecule has 0 spiro atoms. The number of nitrogens with zero attached hydrogens (tertiary/aromatic N) is 3. The number of hydrogen-bond acceptors (Lipinski definition) is 3. The van der Waals surface area contributed by atoms with Crippen LogP contribution < -0.4 is 0 Å². The monoisotopic (exact) mass is 229 g/mol. The molecule has 1 aliphatic carbocycles. The van der Waals surface area contributed by atoms with Gasteiger partial charge in [0.15, 0.2) is 5.82 Å². The lowest BCUT2D eigenvalue weighted by atomic mass is 10.2. The van der Waals surface area contributed by atoms with Gasteiger partial charge < -0.3 is 5.11 Å². The highest BCUT2D eigenvalue weighted by molar-refractivity contribution is 5.34. The molecule has 88 valence electrons. The van der Waals surface area contributed by atoms with Crippen LogP contribution in [0.4, 0.5) is 0 Å². The fraction of sp³-hybridized carbons (Fsp3) is 0.385. The van der Waals surface area contributed by atoms with E-state index in [-0.39, 0.29) is 6.61 Å². The molecule has 0 radical (unpaired) electrons. The molecule has 1 aromatic heterocycles. The second-order valence-corrected chi connectivity index (χ2v) is 4.51. The third-order valence-corrected chi connectivity index (χ3v) is 3.12. The molecule has 0 atom stereocenters. The van der Waals surface area contributed by atoms with Crippen molar-refractivity contribution in [1.82, 2.24) is 14.8 Å². The van der Waals surface area contributed by atoms with Gasteiger partial charge in [0.05, 0.1) is 0 Å². The molecule has 2 aromatic rings. The van der Waals surface area contributed by atoms with Crippen molar-refractivity contribution in [3.8, 4) is 5.69 Å². The van der Waals surface area contributed by atoms with E-state index >= 15 is 0 Å². The topological polar surface area (TPSA) is 50.9 Å². The summed E-state index contributed by atoms with van der Waals surface area (Å²) in [5.41, 5.74) is 1.03. The van der Waals surface area contributed by atoms with Crippen LogP contribution in [0.2, 0.25) is 0 Å². The standard InChI is InChI=1S/C13H15N3O/c17-9-13-15-14-12(8-10-6-7-10)16(13)11-4-2-1-3-5-11/h1-5,10,17H,6-9H2. The number of aromatic nitrogens is 3. The summed E-state index contributed by atoms with van der Waals surface area (Å²) < 4.78 is 1.97. The molecular formula is C13H15N3O. The molecule has 17 heavy (non-hydrogen) atoms. The molecule has 1 aliphatic rings. The van der Waals surface area contributed by atoms with E-state index in [1.807, 2.05) is 34.9 Å². The first-order valence-corrected chi connectivity index (χ1v) is 5.98. The van der Waals surface area contributed by atoms with Gasteiger partial charge in [0.25, 0.3) is 0 Å². The quantitative estimate of drug-likeness (QED) is 0.868. The first-order valence-electron chi connectivity index (χ1n) is 5.98. The Balaban J connectivity index is 2.02. The van der Waals surface area contributed by atoms with Crippen LogP contribution in [0.15, 0.2) is 30.3 Å². The molecule has 0 amide bonds. The van der Waals surface area contributed by atoms with E-state index < -0.39 is 0 Å². The average molecular weight is 229 g/mol. The second-order valence-electron chi connectivity index (χ2n) is 4.51. The van der Waals surface area contributed by atoms with Crippen LogP contribution in [-0.2, 0) is 13.0 Å². The summed E-state index contributed by atoms with van der Waals surface area (Å²) >= 11 is 0. The molecule has 1 fully saturated rings. The van der Waals surface area contributed by atoms with Crippen LogP contribution in [0, 0.1) is 5.92 Å². The first-order chi connectivity index (χ1) is 8.38. The second kappa shape index (κ2) is 4.30.